The number of likely N-dealkylation sites (tertiary alicyclic amines) is 1. The van der Waals surface area contributed by atoms with Gasteiger partial charge in [0, 0.05) is 36.4 Å². The molecule has 27 heavy (non-hydrogen) atoms. The summed E-state index contributed by atoms with van der Waals surface area (Å²) in [4.78, 5) is 15.0. The van der Waals surface area contributed by atoms with Crippen LogP contribution >= 0.6 is 0 Å². The summed E-state index contributed by atoms with van der Waals surface area (Å²) in [5.74, 6) is 1.32. The molecule has 3 atom stereocenters. The second-order valence-corrected chi connectivity index (χ2v) is 8.89. The molecule has 1 aromatic rings. The van der Waals surface area contributed by atoms with Gasteiger partial charge in [0.05, 0.1) is 5.60 Å². The molecule has 4 N–H and O–H groups in total. The van der Waals surface area contributed by atoms with E-state index in [0.717, 1.165) is 30.1 Å². The number of phenols is 1. The second kappa shape index (κ2) is 5.93. The number of ether oxygens (including phenoxy) is 1. The number of nitrogens with two attached hydrogens (primary N) is 1. The van der Waals surface area contributed by atoms with Crippen LogP contribution in [-0.4, -0.2) is 52.4 Å². The van der Waals surface area contributed by atoms with Crippen molar-refractivity contribution in [1.82, 2.24) is 4.90 Å². The van der Waals surface area contributed by atoms with Crippen molar-refractivity contribution in [3.05, 3.63) is 23.3 Å². The zero-order valence-corrected chi connectivity index (χ0v) is 15.6. The van der Waals surface area contributed by atoms with Crippen LogP contribution in [0.4, 0.5) is 0 Å². The molecule has 4 aliphatic rings. The van der Waals surface area contributed by atoms with Gasteiger partial charge < -0.3 is 14.9 Å². The number of nitrogens with zero attached hydrogens (tertiary/aromatic N) is 1. The summed E-state index contributed by atoms with van der Waals surface area (Å²) in [7, 11) is 0. The van der Waals surface area contributed by atoms with Crippen molar-refractivity contribution in [3.8, 4) is 11.5 Å². The maximum Gasteiger partial charge on any atom is 0.163 e. The molecule has 0 spiro atoms. The third-order valence-electron chi connectivity index (χ3n) is 7.48. The van der Waals surface area contributed by atoms with E-state index in [9.17, 15) is 15.0 Å². The average molecular weight is 372 g/mol. The number of hydrogen-bond acceptors (Lipinski definition) is 6. The number of carbonyl (C=O) groups is 1. The first-order chi connectivity index (χ1) is 13.0. The standard InChI is InChI=1S/C21H28N2O4/c22-12-27-16-4-3-14-9-17-21(26)6-5-15(24)10-20(21,18(14)19(16)25)7-8-23(17)11-13-1-2-13/h3-4,13,17,25-26H,1-2,5-12,22H2/t17-,20-,21-/m1/s1. The zero-order valence-electron chi connectivity index (χ0n) is 15.6. The first-order valence-electron chi connectivity index (χ1n) is 10.1. The lowest BCUT2D eigenvalue weighted by Crippen LogP contribution is -2.73. The molecule has 6 nitrogen and oxygen atoms in total. The van der Waals surface area contributed by atoms with Gasteiger partial charge in [0.15, 0.2) is 11.5 Å². The minimum absolute atomic E-state index is 0.00752. The van der Waals surface area contributed by atoms with Gasteiger partial charge >= 0.3 is 0 Å². The van der Waals surface area contributed by atoms with E-state index in [-0.39, 0.29) is 24.3 Å². The van der Waals surface area contributed by atoms with Crippen LogP contribution in [0.2, 0.25) is 0 Å². The van der Waals surface area contributed by atoms with E-state index in [0.29, 0.717) is 37.9 Å². The van der Waals surface area contributed by atoms with E-state index >= 15 is 0 Å². The number of Topliss-reactive ketones (excluding diaryl/α,β-unsaturated/α-hetero) is 1. The average Bonchev–Trinajstić information content (AvgIpc) is 3.44. The fourth-order valence-corrected chi connectivity index (χ4v) is 6.04. The molecule has 146 valence electrons. The SMILES string of the molecule is NCOc1ccc2c(c1O)[C@]13CCN(CC4CC4)[C@H](C2)[C@]1(O)CCC(=O)C3. The first kappa shape index (κ1) is 17.5. The monoisotopic (exact) mass is 372 g/mol. The molecule has 0 amide bonds. The molecule has 6 heteroatoms. The molecule has 5 rings (SSSR count). The molecule has 1 saturated heterocycles. The number of phenolic OH excluding ortho intramolecular Hbond substituents is 1. The predicted molar refractivity (Wildman–Crippen MR) is 99.7 cm³/mol. The number of rotatable bonds is 4. The van der Waals surface area contributed by atoms with Crippen LogP contribution in [0.15, 0.2) is 12.1 Å². The summed E-state index contributed by atoms with van der Waals surface area (Å²) >= 11 is 0. The second-order valence-electron chi connectivity index (χ2n) is 8.89. The Morgan fingerprint density at radius 1 is 1.30 bits per heavy atom. The Labute approximate surface area is 159 Å². The number of benzene rings is 1. The van der Waals surface area contributed by atoms with Gasteiger partial charge in [-0.25, -0.2) is 0 Å². The maximum absolute atomic E-state index is 12.5. The molecule has 3 aliphatic carbocycles. The molecule has 1 aliphatic heterocycles. The van der Waals surface area contributed by atoms with E-state index in [2.05, 4.69) is 4.90 Å². The van der Waals surface area contributed by atoms with Crippen LogP contribution in [0.5, 0.6) is 11.5 Å². The van der Waals surface area contributed by atoms with E-state index in [4.69, 9.17) is 10.5 Å². The van der Waals surface area contributed by atoms with E-state index in [1.807, 2.05) is 6.07 Å². The van der Waals surface area contributed by atoms with Gasteiger partial charge in [0.25, 0.3) is 0 Å². The Balaban J connectivity index is 1.66. The van der Waals surface area contributed by atoms with Gasteiger partial charge in [-0.15, -0.1) is 0 Å². The molecular weight excluding hydrogens is 344 g/mol. The number of fused-ring (bicyclic) bond motifs is 1. The van der Waals surface area contributed by atoms with Crippen LogP contribution < -0.4 is 10.5 Å². The van der Waals surface area contributed by atoms with Gasteiger partial charge in [-0.2, -0.15) is 0 Å². The van der Waals surface area contributed by atoms with Crippen molar-refractivity contribution >= 4 is 5.78 Å². The van der Waals surface area contributed by atoms with Gasteiger partial charge in [0.2, 0.25) is 0 Å². The molecule has 2 bridgehead atoms. The Kier molecular flexibility index (Phi) is 3.84. The fourth-order valence-electron chi connectivity index (χ4n) is 6.04. The highest BCUT2D eigenvalue weighted by Gasteiger charge is 2.65. The highest BCUT2D eigenvalue weighted by Crippen LogP contribution is 2.60. The lowest BCUT2D eigenvalue weighted by Gasteiger charge is -2.63. The highest BCUT2D eigenvalue weighted by atomic mass is 16.5. The van der Waals surface area contributed by atoms with Crippen molar-refractivity contribution in [3.63, 3.8) is 0 Å². The number of ketones is 1. The van der Waals surface area contributed by atoms with Crippen LogP contribution in [0.3, 0.4) is 0 Å². The summed E-state index contributed by atoms with van der Waals surface area (Å²) in [5.41, 5.74) is 5.56. The molecule has 1 aromatic carbocycles. The Bertz CT molecular complexity index is 793. The van der Waals surface area contributed by atoms with Gasteiger partial charge in [-0.05, 0) is 56.2 Å². The fraction of sp³-hybridized carbons (Fsp3) is 0.667. The third-order valence-corrected chi connectivity index (χ3v) is 7.48. The Morgan fingerprint density at radius 2 is 2.11 bits per heavy atom. The normalized spacial score (nSPS) is 35.5. The molecule has 2 saturated carbocycles. The van der Waals surface area contributed by atoms with Crippen LogP contribution in [0.25, 0.3) is 0 Å². The summed E-state index contributed by atoms with van der Waals surface area (Å²) in [6.07, 6.45) is 5.13. The quantitative estimate of drug-likeness (QED) is 0.693. The highest BCUT2D eigenvalue weighted by molar-refractivity contribution is 5.83. The molecular formula is C21H28N2O4. The Hall–Kier alpha value is -1.63. The van der Waals surface area contributed by atoms with Crippen LogP contribution in [0, 0.1) is 5.92 Å². The van der Waals surface area contributed by atoms with Crippen molar-refractivity contribution in [2.24, 2.45) is 11.7 Å². The van der Waals surface area contributed by atoms with Gasteiger partial charge in [-0.3, -0.25) is 15.4 Å². The number of carbonyl (C=O) groups excluding carboxylic acids is 1. The number of hydrogen-bond donors (Lipinski definition) is 3. The minimum atomic E-state index is -0.986. The molecule has 3 fully saturated rings. The number of aliphatic hydroxyl groups is 1. The molecule has 1 heterocycles. The van der Waals surface area contributed by atoms with Gasteiger partial charge in [0.1, 0.15) is 12.5 Å². The van der Waals surface area contributed by atoms with Crippen molar-refractivity contribution in [1.29, 1.82) is 0 Å². The number of piperidine rings is 1. The molecule has 0 unspecified atom stereocenters. The first-order valence-corrected chi connectivity index (χ1v) is 10.1. The smallest absolute Gasteiger partial charge is 0.163 e. The number of aromatic hydroxyl groups is 1. The largest absolute Gasteiger partial charge is 0.504 e. The van der Waals surface area contributed by atoms with Crippen LogP contribution in [0.1, 0.15) is 49.7 Å². The van der Waals surface area contributed by atoms with E-state index in [1.54, 1.807) is 6.07 Å². The summed E-state index contributed by atoms with van der Waals surface area (Å²) in [6.45, 7) is 1.87. The summed E-state index contributed by atoms with van der Waals surface area (Å²) in [5, 5.41) is 23.0. The Morgan fingerprint density at radius 3 is 2.85 bits per heavy atom. The van der Waals surface area contributed by atoms with Crippen molar-refractivity contribution in [2.75, 3.05) is 19.8 Å². The van der Waals surface area contributed by atoms with Crippen molar-refractivity contribution in [2.45, 2.75) is 62.0 Å². The molecule has 0 radical (unpaired) electrons. The predicted octanol–water partition coefficient (Wildman–Crippen LogP) is 1.45. The van der Waals surface area contributed by atoms with Crippen LogP contribution in [-0.2, 0) is 16.6 Å². The summed E-state index contributed by atoms with van der Waals surface area (Å²) in [6, 6.07) is 3.75. The minimum Gasteiger partial charge on any atom is -0.504 e. The van der Waals surface area contributed by atoms with Crippen molar-refractivity contribution < 1.29 is 19.7 Å². The lowest BCUT2D eigenvalue weighted by molar-refractivity contribution is -0.173. The molecule has 0 aromatic heterocycles. The topological polar surface area (TPSA) is 96.0 Å². The zero-order chi connectivity index (χ0) is 18.8. The van der Waals surface area contributed by atoms with Gasteiger partial charge in [-0.1, -0.05) is 6.07 Å². The lowest BCUT2D eigenvalue weighted by atomic mass is 9.49. The summed E-state index contributed by atoms with van der Waals surface area (Å²) < 4.78 is 5.41. The maximum atomic E-state index is 12.5. The van der Waals surface area contributed by atoms with E-state index < -0.39 is 11.0 Å². The third kappa shape index (κ3) is 2.39. The van der Waals surface area contributed by atoms with E-state index in [1.165, 1.54) is 12.8 Å².